The van der Waals surface area contributed by atoms with Gasteiger partial charge < -0.3 is 15.8 Å². The summed E-state index contributed by atoms with van der Waals surface area (Å²) in [5.41, 5.74) is 6.50. The number of pyridine rings is 1. The van der Waals surface area contributed by atoms with Crippen molar-refractivity contribution in [2.24, 2.45) is 0 Å². The fourth-order valence-corrected chi connectivity index (χ4v) is 1.75. The number of nitrogens with two attached hydrogens (primary N) is 1. The molecule has 5 nitrogen and oxygen atoms in total. The van der Waals surface area contributed by atoms with Crippen LogP contribution in [0.1, 0.15) is 12.8 Å². The molecule has 76 valence electrons. The minimum Gasteiger partial charge on any atom is -0.425 e. The van der Waals surface area contributed by atoms with Crippen LogP contribution in [0.5, 0.6) is 0 Å². The summed E-state index contributed by atoms with van der Waals surface area (Å²) < 4.78 is 0.680. The Morgan fingerprint density at radius 1 is 1.29 bits per heavy atom. The van der Waals surface area contributed by atoms with E-state index in [1.807, 2.05) is 0 Å². The molecule has 0 bridgehead atoms. The normalized spacial score (nSPS) is 16.1. The topological polar surface area (TPSA) is 78.3 Å². The first kappa shape index (κ1) is 8.93. The molecule has 0 amide bonds. The summed E-state index contributed by atoms with van der Waals surface area (Å²) >= 11 is 0. The van der Waals surface area contributed by atoms with Crippen LogP contribution in [0.3, 0.4) is 0 Å². The predicted molar refractivity (Wildman–Crippen MR) is 53.3 cm³/mol. The van der Waals surface area contributed by atoms with Crippen molar-refractivity contribution in [1.29, 1.82) is 5.41 Å². The Bertz CT molecular complexity index is 392. The molecule has 1 fully saturated rings. The van der Waals surface area contributed by atoms with Crippen LogP contribution in [0.25, 0.3) is 0 Å². The third-order valence-electron chi connectivity index (χ3n) is 2.52. The molecule has 1 aromatic rings. The van der Waals surface area contributed by atoms with E-state index in [1.54, 1.807) is 12.1 Å². The van der Waals surface area contributed by atoms with Crippen molar-refractivity contribution in [2.45, 2.75) is 12.8 Å². The molecule has 1 aromatic heterocycles. The molecule has 4 N–H and O–H groups in total. The van der Waals surface area contributed by atoms with E-state index in [1.165, 1.54) is 12.8 Å². The number of nitrogen functional groups attached to an aromatic ring is 1. The lowest BCUT2D eigenvalue weighted by Crippen LogP contribution is -2.25. The van der Waals surface area contributed by atoms with Gasteiger partial charge in [-0.15, -0.1) is 0 Å². The fourth-order valence-electron chi connectivity index (χ4n) is 1.75. The molecule has 0 aliphatic carbocycles. The predicted octanol–water partition coefficient (Wildman–Crippen LogP) is 0.387. The monoisotopic (exact) mass is 194 g/mol. The smallest absolute Gasteiger partial charge is 0.165 e. The van der Waals surface area contributed by atoms with Crippen LogP contribution in [-0.4, -0.2) is 23.0 Å². The Balaban J connectivity index is 2.39. The number of rotatable bonds is 1. The van der Waals surface area contributed by atoms with Crippen molar-refractivity contribution in [1.82, 2.24) is 4.73 Å². The molecule has 0 spiro atoms. The summed E-state index contributed by atoms with van der Waals surface area (Å²) in [7, 11) is 0. The van der Waals surface area contributed by atoms with E-state index >= 15 is 0 Å². The summed E-state index contributed by atoms with van der Waals surface area (Å²) in [4.78, 5) is 2.17. The highest BCUT2D eigenvalue weighted by Gasteiger charge is 2.13. The average molecular weight is 194 g/mol. The molecule has 0 radical (unpaired) electrons. The molecule has 0 unspecified atom stereocenters. The van der Waals surface area contributed by atoms with Crippen molar-refractivity contribution in [3.8, 4) is 0 Å². The van der Waals surface area contributed by atoms with Gasteiger partial charge in [0.2, 0.25) is 0 Å². The lowest BCUT2D eigenvalue weighted by Gasteiger charge is -2.18. The minimum atomic E-state index is 0.0203. The van der Waals surface area contributed by atoms with Crippen LogP contribution < -0.4 is 16.1 Å². The van der Waals surface area contributed by atoms with Gasteiger partial charge in [-0.05, 0) is 12.8 Å². The summed E-state index contributed by atoms with van der Waals surface area (Å²) in [6.45, 7) is 2.02. The molecular weight excluding hydrogens is 180 g/mol. The first-order valence-electron chi connectivity index (χ1n) is 4.70. The Kier molecular flexibility index (Phi) is 2.07. The zero-order valence-electron chi connectivity index (χ0n) is 7.90. The SMILES string of the molecule is N=c1cc(N2CCCC2)cc(N)n1O. The Morgan fingerprint density at radius 2 is 1.93 bits per heavy atom. The molecule has 2 heterocycles. The lowest BCUT2D eigenvalue weighted by molar-refractivity contribution is 0.177. The maximum Gasteiger partial charge on any atom is 0.165 e. The number of hydrogen-bond acceptors (Lipinski definition) is 4. The van der Waals surface area contributed by atoms with E-state index in [9.17, 15) is 5.21 Å². The second-order valence-electron chi connectivity index (χ2n) is 3.53. The molecule has 0 saturated carbocycles. The quantitative estimate of drug-likeness (QED) is 0.566. The van der Waals surface area contributed by atoms with E-state index in [-0.39, 0.29) is 11.3 Å². The van der Waals surface area contributed by atoms with Crippen molar-refractivity contribution >= 4 is 11.5 Å². The van der Waals surface area contributed by atoms with E-state index in [4.69, 9.17) is 11.1 Å². The van der Waals surface area contributed by atoms with Crippen LogP contribution in [-0.2, 0) is 0 Å². The van der Waals surface area contributed by atoms with Gasteiger partial charge in [-0.2, -0.15) is 4.73 Å². The van der Waals surface area contributed by atoms with Gasteiger partial charge in [0.25, 0.3) is 0 Å². The van der Waals surface area contributed by atoms with Gasteiger partial charge in [0, 0.05) is 30.9 Å². The molecule has 14 heavy (non-hydrogen) atoms. The van der Waals surface area contributed by atoms with Crippen LogP contribution >= 0.6 is 0 Å². The third-order valence-corrected chi connectivity index (χ3v) is 2.52. The Hall–Kier alpha value is -1.65. The van der Waals surface area contributed by atoms with E-state index in [0.29, 0.717) is 4.73 Å². The van der Waals surface area contributed by atoms with Gasteiger partial charge in [0.05, 0.1) is 0 Å². The minimum absolute atomic E-state index is 0.0203. The molecule has 1 aliphatic heterocycles. The fraction of sp³-hybridized carbons (Fsp3) is 0.444. The van der Waals surface area contributed by atoms with Crippen LogP contribution in [0.4, 0.5) is 11.5 Å². The number of anilines is 2. The summed E-state index contributed by atoms with van der Waals surface area (Å²) in [6, 6.07) is 3.32. The summed E-state index contributed by atoms with van der Waals surface area (Å²) in [5, 5.41) is 16.7. The van der Waals surface area contributed by atoms with Crippen molar-refractivity contribution in [3.63, 3.8) is 0 Å². The van der Waals surface area contributed by atoms with Gasteiger partial charge in [-0.3, -0.25) is 5.41 Å². The largest absolute Gasteiger partial charge is 0.425 e. The Morgan fingerprint density at radius 3 is 2.50 bits per heavy atom. The van der Waals surface area contributed by atoms with Gasteiger partial charge in [-0.25, -0.2) is 0 Å². The number of aromatic nitrogens is 1. The van der Waals surface area contributed by atoms with Crippen LogP contribution in [0.15, 0.2) is 12.1 Å². The second-order valence-corrected chi connectivity index (χ2v) is 3.53. The van der Waals surface area contributed by atoms with Crippen molar-refractivity contribution in [2.75, 3.05) is 23.7 Å². The first-order valence-corrected chi connectivity index (χ1v) is 4.70. The highest BCUT2D eigenvalue weighted by Crippen LogP contribution is 2.19. The Labute approximate surface area is 81.8 Å². The second kappa shape index (κ2) is 3.25. The standard InChI is InChI=1S/C9H14N4O/c10-8-5-7(6-9(11)13(8)14)12-3-1-2-4-12/h5-6,10,14H,1-4,11H2. The van der Waals surface area contributed by atoms with Crippen molar-refractivity contribution in [3.05, 3.63) is 17.6 Å². The molecular formula is C9H14N4O. The van der Waals surface area contributed by atoms with Crippen LogP contribution in [0.2, 0.25) is 0 Å². The molecule has 0 aromatic carbocycles. The zero-order chi connectivity index (χ0) is 10.1. The maximum absolute atomic E-state index is 9.26. The van der Waals surface area contributed by atoms with Crippen molar-refractivity contribution < 1.29 is 5.21 Å². The van der Waals surface area contributed by atoms with Crippen LogP contribution in [0, 0.1) is 5.41 Å². The molecule has 1 saturated heterocycles. The lowest BCUT2D eigenvalue weighted by atomic mass is 10.3. The van der Waals surface area contributed by atoms with E-state index in [2.05, 4.69) is 4.90 Å². The molecule has 1 aliphatic rings. The highest BCUT2D eigenvalue weighted by atomic mass is 16.5. The van der Waals surface area contributed by atoms with E-state index < -0.39 is 0 Å². The number of hydrogen-bond donors (Lipinski definition) is 3. The van der Waals surface area contributed by atoms with Gasteiger partial charge >= 0.3 is 0 Å². The first-order chi connectivity index (χ1) is 6.68. The van der Waals surface area contributed by atoms with E-state index in [0.717, 1.165) is 18.8 Å². The molecule has 0 atom stereocenters. The zero-order valence-corrected chi connectivity index (χ0v) is 7.90. The maximum atomic E-state index is 9.26. The number of nitrogens with zero attached hydrogens (tertiary/aromatic N) is 2. The average Bonchev–Trinajstić information content (AvgIpc) is 2.66. The molecule has 5 heteroatoms. The summed E-state index contributed by atoms with van der Waals surface area (Å²) in [5.74, 6) is 0.208. The third kappa shape index (κ3) is 1.41. The molecule has 2 rings (SSSR count). The van der Waals surface area contributed by atoms with Gasteiger partial charge in [0.15, 0.2) is 5.49 Å². The highest BCUT2D eigenvalue weighted by molar-refractivity contribution is 5.52. The number of nitrogens with one attached hydrogen (secondary N) is 1. The van der Waals surface area contributed by atoms with Gasteiger partial charge in [0.1, 0.15) is 5.82 Å². The van der Waals surface area contributed by atoms with Gasteiger partial charge in [-0.1, -0.05) is 0 Å². The summed E-state index contributed by atoms with van der Waals surface area (Å²) in [6.07, 6.45) is 2.36.